The van der Waals surface area contributed by atoms with Gasteiger partial charge in [-0.1, -0.05) is 18.1 Å². The van der Waals surface area contributed by atoms with E-state index in [2.05, 4.69) is 29.2 Å². The highest BCUT2D eigenvalue weighted by molar-refractivity contribution is 7.80. The van der Waals surface area contributed by atoms with Crippen molar-refractivity contribution in [3.8, 4) is 18.1 Å². The van der Waals surface area contributed by atoms with E-state index >= 15 is 0 Å². The van der Waals surface area contributed by atoms with E-state index in [1.807, 2.05) is 0 Å². The average Bonchev–Trinajstić information content (AvgIpc) is 2.82. The fourth-order valence-corrected chi connectivity index (χ4v) is 3.45. The van der Waals surface area contributed by atoms with Crippen LogP contribution in [-0.2, 0) is 14.3 Å². The smallest absolute Gasteiger partial charge is 0.408 e. The molecular formula is C26H31N3O5S. The minimum atomic E-state index is -1.01. The Labute approximate surface area is 211 Å². The first-order valence-electron chi connectivity index (χ1n) is 10.9. The van der Waals surface area contributed by atoms with Crippen molar-refractivity contribution >= 4 is 36.2 Å². The zero-order valence-electron chi connectivity index (χ0n) is 20.5. The number of likely N-dealkylation sites (N-methyl/N-ethyl adjacent to an activating group) is 1. The summed E-state index contributed by atoms with van der Waals surface area (Å²) >= 11 is 4.22. The number of benzene rings is 2. The second kappa shape index (κ2) is 12.2. The van der Waals surface area contributed by atoms with E-state index in [0.717, 1.165) is 0 Å². The number of anilines is 1. The van der Waals surface area contributed by atoms with Gasteiger partial charge in [0.05, 0.1) is 7.11 Å². The normalized spacial score (nSPS) is 12.5. The molecule has 0 saturated heterocycles. The molecule has 9 heteroatoms. The molecule has 35 heavy (non-hydrogen) atoms. The predicted octanol–water partition coefficient (Wildman–Crippen LogP) is 3.64. The van der Waals surface area contributed by atoms with Crippen LogP contribution in [0.3, 0.4) is 0 Å². The molecular weight excluding hydrogens is 466 g/mol. The molecule has 0 radical (unpaired) electrons. The monoisotopic (exact) mass is 497 g/mol. The van der Waals surface area contributed by atoms with E-state index in [0.29, 0.717) is 22.6 Å². The number of carbonyl (C=O) groups excluding carboxylic acids is 3. The highest BCUT2D eigenvalue weighted by Gasteiger charge is 2.33. The van der Waals surface area contributed by atoms with Crippen molar-refractivity contribution in [2.75, 3.05) is 25.2 Å². The number of ether oxygens (including phenoxy) is 2. The lowest BCUT2D eigenvalue weighted by Gasteiger charge is -2.31. The second-order valence-electron chi connectivity index (χ2n) is 8.72. The van der Waals surface area contributed by atoms with Crippen molar-refractivity contribution < 1.29 is 23.9 Å². The number of carbonyl (C=O) groups is 3. The van der Waals surface area contributed by atoms with E-state index in [1.54, 1.807) is 76.4 Å². The number of nitrogens with one attached hydrogen (secondary N) is 2. The summed E-state index contributed by atoms with van der Waals surface area (Å²) in [5, 5.41) is 5.35. The first-order chi connectivity index (χ1) is 16.5. The Bertz CT molecular complexity index is 1070. The lowest BCUT2D eigenvalue weighted by molar-refractivity contribution is -0.138. The molecule has 3 amide bonds. The van der Waals surface area contributed by atoms with E-state index < -0.39 is 35.6 Å². The van der Waals surface area contributed by atoms with E-state index in [1.165, 1.54) is 11.9 Å². The Balaban J connectivity index is 2.32. The van der Waals surface area contributed by atoms with Gasteiger partial charge in [-0.2, -0.15) is 12.6 Å². The Morgan fingerprint density at radius 2 is 1.69 bits per heavy atom. The summed E-state index contributed by atoms with van der Waals surface area (Å²) in [6, 6.07) is 11.5. The van der Waals surface area contributed by atoms with Crippen LogP contribution >= 0.6 is 12.6 Å². The van der Waals surface area contributed by atoms with Crippen molar-refractivity contribution in [2.24, 2.45) is 0 Å². The minimum absolute atomic E-state index is 0.00522. The molecule has 0 aliphatic heterocycles. The fourth-order valence-electron chi connectivity index (χ4n) is 3.21. The zero-order chi connectivity index (χ0) is 26.2. The number of nitrogens with zero attached hydrogens (tertiary/aromatic N) is 1. The van der Waals surface area contributed by atoms with Crippen LogP contribution in [0, 0.1) is 12.3 Å². The second-order valence-corrected chi connectivity index (χ2v) is 9.08. The van der Waals surface area contributed by atoms with Crippen LogP contribution in [0.5, 0.6) is 5.75 Å². The third-order valence-electron chi connectivity index (χ3n) is 4.91. The highest BCUT2D eigenvalue weighted by Crippen LogP contribution is 2.24. The Kier molecular flexibility index (Phi) is 9.60. The van der Waals surface area contributed by atoms with Gasteiger partial charge in [0.15, 0.2) is 0 Å². The number of methoxy groups -OCH3 is 1. The lowest BCUT2D eigenvalue weighted by atomic mass is 10.0. The molecule has 186 valence electrons. The van der Waals surface area contributed by atoms with Crippen LogP contribution in [0.25, 0.3) is 0 Å². The molecule has 0 heterocycles. The number of hydrogen-bond donors (Lipinski definition) is 3. The standard InChI is InChI=1S/C26H31N3O5S/c1-7-17-8-10-18(11-9-17)22(23(30)27-19-12-14-20(33-6)15-13-19)29(5)24(31)21(16-35)28-25(32)34-26(2,3)4/h1,8-15,21-22,35H,16H2,2-6H3,(H,27,30)(H,28,32). The third kappa shape index (κ3) is 7.97. The van der Waals surface area contributed by atoms with Crippen LogP contribution < -0.4 is 15.4 Å². The number of alkyl carbamates (subject to hydrolysis) is 1. The number of rotatable bonds is 8. The molecule has 0 spiro atoms. The highest BCUT2D eigenvalue weighted by atomic mass is 32.1. The number of terminal acetylenes is 1. The van der Waals surface area contributed by atoms with E-state index in [-0.39, 0.29) is 5.75 Å². The van der Waals surface area contributed by atoms with Crippen LogP contribution in [0.2, 0.25) is 0 Å². The topological polar surface area (TPSA) is 97.0 Å². The molecule has 0 bridgehead atoms. The molecule has 2 unspecified atom stereocenters. The zero-order valence-corrected chi connectivity index (χ0v) is 21.4. The first kappa shape index (κ1) is 27.6. The Morgan fingerprint density at radius 1 is 1.09 bits per heavy atom. The van der Waals surface area contributed by atoms with Gasteiger partial charge in [0.2, 0.25) is 5.91 Å². The van der Waals surface area contributed by atoms with E-state index in [9.17, 15) is 14.4 Å². The lowest BCUT2D eigenvalue weighted by Crippen LogP contribution is -2.52. The molecule has 2 N–H and O–H groups in total. The average molecular weight is 498 g/mol. The SMILES string of the molecule is C#Cc1ccc(C(C(=O)Nc2ccc(OC)cc2)N(C)C(=O)C(CS)NC(=O)OC(C)(C)C)cc1. The van der Waals surface area contributed by atoms with Gasteiger partial charge in [0, 0.05) is 24.1 Å². The Morgan fingerprint density at radius 3 is 2.17 bits per heavy atom. The first-order valence-corrected chi connectivity index (χ1v) is 11.5. The summed E-state index contributed by atoms with van der Waals surface area (Å²) in [4.78, 5) is 40.2. The molecule has 0 saturated carbocycles. The molecule has 8 nitrogen and oxygen atoms in total. The van der Waals surface area contributed by atoms with Crippen LogP contribution in [0.1, 0.15) is 37.9 Å². The van der Waals surface area contributed by atoms with Gasteiger partial charge < -0.3 is 25.0 Å². The maximum absolute atomic E-state index is 13.4. The van der Waals surface area contributed by atoms with Crippen molar-refractivity contribution in [1.82, 2.24) is 10.2 Å². The minimum Gasteiger partial charge on any atom is -0.497 e. The predicted molar refractivity (Wildman–Crippen MR) is 139 cm³/mol. The van der Waals surface area contributed by atoms with Crippen molar-refractivity contribution in [2.45, 2.75) is 38.5 Å². The van der Waals surface area contributed by atoms with Gasteiger partial charge >= 0.3 is 6.09 Å². The molecule has 2 rings (SSSR count). The van der Waals surface area contributed by atoms with Gasteiger partial charge in [0.1, 0.15) is 23.4 Å². The summed E-state index contributed by atoms with van der Waals surface area (Å²) in [7, 11) is 3.04. The molecule has 2 aromatic rings. The summed E-state index contributed by atoms with van der Waals surface area (Å²) in [6.07, 6.45) is 4.70. The summed E-state index contributed by atoms with van der Waals surface area (Å²) in [5.41, 5.74) is 0.970. The van der Waals surface area contributed by atoms with Gasteiger partial charge in [-0.3, -0.25) is 9.59 Å². The van der Waals surface area contributed by atoms with Gasteiger partial charge in [-0.25, -0.2) is 4.79 Å². The molecule has 0 aromatic heterocycles. The summed E-state index contributed by atoms with van der Waals surface area (Å²) < 4.78 is 10.4. The van der Waals surface area contributed by atoms with Crippen LogP contribution in [-0.4, -0.2) is 54.4 Å². The maximum Gasteiger partial charge on any atom is 0.408 e. The van der Waals surface area contributed by atoms with E-state index in [4.69, 9.17) is 15.9 Å². The molecule has 2 aromatic carbocycles. The van der Waals surface area contributed by atoms with Gasteiger partial charge in [-0.05, 0) is 62.7 Å². The molecule has 0 fully saturated rings. The van der Waals surface area contributed by atoms with Gasteiger partial charge in [-0.15, -0.1) is 6.42 Å². The Hall–Kier alpha value is -3.64. The van der Waals surface area contributed by atoms with Gasteiger partial charge in [0.25, 0.3) is 5.91 Å². The third-order valence-corrected chi connectivity index (χ3v) is 5.27. The molecule has 0 aliphatic carbocycles. The summed E-state index contributed by atoms with van der Waals surface area (Å²) in [6.45, 7) is 5.15. The largest absolute Gasteiger partial charge is 0.497 e. The van der Waals surface area contributed by atoms with Crippen molar-refractivity contribution in [3.05, 3.63) is 59.7 Å². The number of thiol groups is 1. The molecule has 0 aliphatic rings. The quantitative estimate of drug-likeness (QED) is 0.382. The number of hydrogen-bond acceptors (Lipinski definition) is 6. The van der Waals surface area contributed by atoms with Crippen molar-refractivity contribution in [1.29, 1.82) is 0 Å². The summed E-state index contributed by atoms with van der Waals surface area (Å²) in [5.74, 6) is 2.21. The maximum atomic E-state index is 13.4. The van der Waals surface area contributed by atoms with Crippen molar-refractivity contribution in [3.63, 3.8) is 0 Å². The number of amides is 3. The van der Waals surface area contributed by atoms with Crippen LogP contribution in [0.4, 0.5) is 10.5 Å². The molecule has 2 atom stereocenters. The fraction of sp³-hybridized carbons (Fsp3) is 0.346. The van der Waals surface area contributed by atoms with Crippen LogP contribution in [0.15, 0.2) is 48.5 Å².